The third-order valence-electron chi connectivity index (χ3n) is 2.94. The van der Waals surface area contributed by atoms with Crippen LogP contribution in [0, 0.1) is 6.92 Å². The Morgan fingerprint density at radius 1 is 0.682 bits per heavy atom. The van der Waals surface area contributed by atoms with Gasteiger partial charge in [-0.15, -0.1) is 0 Å². The van der Waals surface area contributed by atoms with Crippen molar-refractivity contribution in [2.45, 2.75) is 6.92 Å². The molecular formula is C16H18N4O2. The van der Waals surface area contributed by atoms with Gasteiger partial charge in [-0.2, -0.15) is 0 Å². The van der Waals surface area contributed by atoms with Gasteiger partial charge in [0.1, 0.15) is 0 Å². The van der Waals surface area contributed by atoms with Crippen LogP contribution >= 0.6 is 0 Å². The summed E-state index contributed by atoms with van der Waals surface area (Å²) < 4.78 is 0. The number of amides is 4. The van der Waals surface area contributed by atoms with Crippen molar-refractivity contribution in [3.05, 3.63) is 54.1 Å². The molecule has 0 saturated heterocycles. The molecule has 0 spiro atoms. The molecule has 22 heavy (non-hydrogen) atoms. The summed E-state index contributed by atoms with van der Waals surface area (Å²) in [5.41, 5.74) is 3.13. The van der Waals surface area contributed by atoms with Crippen LogP contribution in [-0.4, -0.2) is 19.1 Å². The Balaban J connectivity index is 1.91. The molecule has 0 fully saturated rings. The number of aryl methyl sites for hydroxylation is 1. The second-order valence-electron chi connectivity index (χ2n) is 4.73. The normalized spacial score (nSPS) is 9.73. The Morgan fingerprint density at radius 3 is 1.45 bits per heavy atom. The SMILES string of the molecule is CNC(=O)Nc1ccc(NC(=O)Nc2ccc(C)cc2)cc1. The number of urea groups is 2. The van der Waals surface area contributed by atoms with Crippen molar-refractivity contribution in [1.82, 2.24) is 5.32 Å². The van der Waals surface area contributed by atoms with Gasteiger partial charge in [0.15, 0.2) is 0 Å². The van der Waals surface area contributed by atoms with Gasteiger partial charge in [0.2, 0.25) is 0 Å². The van der Waals surface area contributed by atoms with E-state index >= 15 is 0 Å². The van der Waals surface area contributed by atoms with Gasteiger partial charge < -0.3 is 21.3 Å². The third-order valence-corrected chi connectivity index (χ3v) is 2.94. The highest BCUT2D eigenvalue weighted by molar-refractivity contribution is 6.00. The number of carbonyl (C=O) groups excluding carboxylic acids is 2. The molecule has 6 nitrogen and oxygen atoms in total. The van der Waals surface area contributed by atoms with Crippen molar-refractivity contribution >= 4 is 29.1 Å². The van der Waals surface area contributed by atoms with Crippen LogP contribution in [0.25, 0.3) is 0 Å². The number of nitrogens with one attached hydrogen (secondary N) is 4. The summed E-state index contributed by atoms with van der Waals surface area (Å²) in [6.45, 7) is 1.98. The van der Waals surface area contributed by atoms with E-state index in [1.54, 1.807) is 31.3 Å². The molecular weight excluding hydrogens is 280 g/mol. The Morgan fingerprint density at radius 2 is 1.05 bits per heavy atom. The lowest BCUT2D eigenvalue weighted by Gasteiger charge is -2.09. The molecule has 2 aromatic carbocycles. The number of rotatable bonds is 3. The van der Waals surface area contributed by atoms with Crippen molar-refractivity contribution in [2.24, 2.45) is 0 Å². The number of carbonyl (C=O) groups is 2. The monoisotopic (exact) mass is 298 g/mol. The zero-order valence-electron chi connectivity index (χ0n) is 12.4. The number of hydrogen-bond acceptors (Lipinski definition) is 2. The highest BCUT2D eigenvalue weighted by atomic mass is 16.2. The fraction of sp³-hybridized carbons (Fsp3) is 0.125. The van der Waals surface area contributed by atoms with Gasteiger partial charge in [0.05, 0.1) is 0 Å². The molecule has 0 bridgehead atoms. The maximum Gasteiger partial charge on any atom is 0.323 e. The van der Waals surface area contributed by atoms with Crippen LogP contribution in [0.5, 0.6) is 0 Å². The minimum Gasteiger partial charge on any atom is -0.341 e. The van der Waals surface area contributed by atoms with E-state index in [1.165, 1.54) is 0 Å². The molecule has 0 heterocycles. The van der Waals surface area contributed by atoms with E-state index < -0.39 is 0 Å². The highest BCUT2D eigenvalue weighted by Gasteiger charge is 2.03. The van der Waals surface area contributed by atoms with E-state index in [9.17, 15) is 9.59 Å². The minimum absolute atomic E-state index is 0.294. The van der Waals surface area contributed by atoms with Crippen LogP contribution in [0.1, 0.15) is 5.56 Å². The smallest absolute Gasteiger partial charge is 0.323 e. The molecule has 0 saturated carbocycles. The van der Waals surface area contributed by atoms with Crippen molar-refractivity contribution in [3.8, 4) is 0 Å². The number of hydrogen-bond donors (Lipinski definition) is 4. The van der Waals surface area contributed by atoms with Crippen LogP contribution in [-0.2, 0) is 0 Å². The van der Waals surface area contributed by atoms with Gasteiger partial charge in [0.25, 0.3) is 0 Å². The zero-order valence-corrected chi connectivity index (χ0v) is 12.4. The van der Waals surface area contributed by atoms with Gasteiger partial charge >= 0.3 is 12.1 Å². The summed E-state index contributed by atoms with van der Waals surface area (Å²) in [5, 5.41) is 10.6. The molecule has 0 aliphatic carbocycles. The number of anilines is 3. The Hall–Kier alpha value is -3.02. The molecule has 2 rings (SSSR count). The Kier molecular flexibility index (Phi) is 4.98. The van der Waals surface area contributed by atoms with Gasteiger partial charge in [-0.1, -0.05) is 17.7 Å². The quantitative estimate of drug-likeness (QED) is 0.700. The van der Waals surface area contributed by atoms with E-state index in [1.807, 2.05) is 31.2 Å². The maximum atomic E-state index is 11.9. The van der Waals surface area contributed by atoms with Crippen LogP contribution < -0.4 is 21.3 Å². The van der Waals surface area contributed by atoms with Crippen molar-refractivity contribution in [3.63, 3.8) is 0 Å². The van der Waals surface area contributed by atoms with Crippen molar-refractivity contribution in [1.29, 1.82) is 0 Å². The molecule has 4 amide bonds. The maximum absolute atomic E-state index is 11.9. The first-order valence-electron chi connectivity index (χ1n) is 6.80. The molecule has 6 heteroatoms. The predicted molar refractivity (Wildman–Crippen MR) is 88.3 cm³/mol. The molecule has 0 atom stereocenters. The number of benzene rings is 2. The summed E-state index contributed by atoms with van der Waals surface area (Å²) in [7, 11) is 1.54. The Bertz CT molecular complexity index is 651. The average molecular weight is 298 g/mol. The van der Waals surface area contributed by atoms with Crippen molar-refractivity contribution < 1.29 is 9.59 Å². The lowest BCUT2D eigenvalue weighted by molar-refractivity contribution is 0.254. The molecule has 114 valence electrons. The average Bonchev–Trinajstić information content (AvgIpc) is 2.51. The summed E-state index contributed by atoms with van der Waals surface area (Å²) in [5.74, 6) is 0. The minimum atomic E-state index is -0.323. The van der Waals surface area contributed by atoms with Crippen LogP contribution in [0.3, 0.4) is 0 Å². The van der Waals surface area contributed by atoms with Gasteiger partial charge in [-0.25, -0.2) is 9.59 Å². The van der Waals surface area contributed by atoms with Crippen LogP contribution in [0.2, 0.25) is 0 Å². The summed E-state index contributed by atoms with van der Waals surface area (Å²) in [6.07, 6.45) is 0. The standard InChI is InChI=1S/C16H18N4O2/c1-11-3-5-12(6-4-11)19-16(22)20-14-9-7-13(8-10-14)18-15(21)17-2/h3-10H,1-2H3,(H2,17,18,21)(H2,19,20,22). The fourth-order valence-electron chi connectivity index (χ4n) is 1.76. The van der Waals surface area contributed by atoms with Crippen LogP contribution in [0.4, 0.5) is 26.7 Å². The second kappa shape index (κ2) is 7.12. The summed E-state index contributed by atoms with van der Waals surface area (Å²) in [4.78, 5) is 23.0. The molecule has 0 aliphatic heterocycles. The summed E-state index contributed by atoms with van der Waals surface area (Å²) >= 11 is 0. The largest absolute Gasteiger partial charge is 0.341 e. The molecule has 2 aromatic rings. The van der Waals surface area contributed by atoms with Gasteiger partial charge in [-0.3, -0.25) is 0 Å². The first-order valence-corrected chi connectivity index (χ1v) is 6.80. The molecule has 0 aliphatic rings. The molecule has 0 radical (unpaired) electrons. The lowest BCUT2D eigenvalue weighted by Crippen LogP contribution is -2.24. The third kappa shape index (κ3) is 4.52. The topological polar surface area (TPSA) is 82.3 Å². The van der Waals surface area contributed by atoms with E-state index in [0.29, 0.717) is 11.4 Å². The van der Waals surface area contributed by atoms with Gasteiger partial charge in [-0.05, 0) is 43.3 Å². The second-order valence-corrected chi connectivity index (χ2v) is 4.73. The lowest BCUT2D eigenvalue weighted by atomic mass is 10.2. The van der Waals surface area contributed by atoms with Crippen molar-refractivity contribution in [2.75, 3.05) is 23.0 Å². The highest BCUT2D eigenvalue weighted by Crippen LogP contribution is 2.14. The predicted octanol–water partition coefficient (Wildman–Crippen LogP) is 3.39. The summed E-state index contributed by atoms with van der Waals surface area (Å²) in [6, 6.07) is 13.7. The molecule has 0 aromatic heterocycles. The zero-order chi connectivity index (χ0) is 15.9. The first-order chi connectivity index (χ1) is 10.6. The Labute approximate surface area is 128 Å². The van der Waals surface area contributed by atoms with Crippen LogP contribution in [0.15, 0.2) is 48.5 Å². The molecule has 4 N–H and O–H groups in total. The van der Waals surface area contributed by atoms with Gasteiger partial charge in [0, 0.05) is 24.1 Å². The van der Waals surface area contributed by atoms with E-state index in [2.05, 4.69) is 21.3 Å². The first kappa shape index (κ1) is 15.4. The fourth-order valence-corrected chi connectivity index (χ4v) is 1.76. The van der Waals surface area contributed by atoms with E-state index in [0.717, 1.165) is 11.3 Å². The van der Waals surface area contributed by atoms with E-state index in [4.69, 9.17) is 0 Å². The van der Waals surface area contributed by atoms with E-state index in [-0.39, 0.29) is 12.1 Å². The molecule has 0 unspecified atom stereocenters.